The molecule has 9 heteroatoms. The van der Waals surface area contributed by atoms with Crippen LogP contribution in [0.5, 0.6) is 0 Å². The minimum absolute atomic E-state index is 0.0544. The van der Waals surface area contributed by atoms with Crippen molar-refractivity contribution in [3.05, 3.63) is 40.6 Å². The van der Waals surface area contributed by atoms with Crippen molar-refractivity contribution in [2.45, 2.75) is 69.6 Å². The van der Waals surface area contributed by atoms with E-state index in [-0.39, 0.29) is 35.7 Å². The summed E-state index contributed by atoms with van der Waals surface area (Å²) in [6, 6.07) is 5.82. The van der Waals surface area contributed by atoms with Gasteiger partial charge in [-0.1, -0.05) is 6.07 Å². The Kier molecular flexibility index (Phi) is 5.48. The quantitative estimate of drug-likeness (QED) is 0.664. The molecule has 1 aliphatic carbocycles. The van der Waals surface area contributed by atoms with Crippen LogP contribution in [-0.2, 0) is 26.1 Å². The molecule has 162 valence electrons. The summed E-state index contributed by atoms with van der Waals surface area (Å²) in [6.07, 6.45) is 2.07. The summed E-state index contributed by atoms with van der Waals surface area (Å²) in [5.41, 5.74) is 4.60. The number of fused-ring (bicyclic) bond motifs is 1. The molecule has 8 nitrogen and oxygen atoms in total. The molecule has 2 unspecified atom stereocenters. The summed E-state index contributed by atoms with van der Waals surface area (Å²) >= 11 is 0. The molecule has 30 heavy (non-hydrogen) atoms. The van der Waals surface area contributed by atoms with Crippen molar-refractivity contribution in [3.8, 4) is 0 Å². The van der Waals surface area contributed by atoms with Crippen molar-refractivity contribution in [3.63, 3.8) is 0 Å². The Balaban J connectivity index is 1.40. The molecule has 0 saturated heterocycles. The van der Waals surface area contributed by atoms with Gasteiger partial charge >= 0.3 is 6.09 Å². The molecule has 1 aromatic carbocycles. The van der Waals surface area contributed by atoms with E-state index in [1.807, 2.05) is 39.0 Å². The third kappa shape index (κ3) is 4.45. The van der Waals surface area contributed by atoms with E-state index in [4.69, 9.17) is 4.74 Å². The van der Waals surface area contributed by atoms with E-state index in [1.165, 1.54) is 0 Å². The number of H-pyrrole nitrogens is 1. The summed E-state index contributed by atoms with van der Waals surface area (Å²) < 4.78 is 29.4. The Morgan fingerprint density at radius 2 is 2.07 bits per heavy atom. The number of carbonyl (C=O) groups is 1. The van der Waals surface area contributed by atoms with Crippen LogP contribution in [0.2, 0.25) is 0 Å². The minimum Gasteiger partial charge on any atom is -0.446 e. The van der Waals surface area contributed by atoms with Gasteiger partial charge in [0.1, 0.15) is 6.10 Å². The molecule has 0 bridgehead atoms. The average molecular weight is 433 g/mol. The first kappa shape index (κ1) is 20.7. The Morgan fingerprint density at radius 3 is 2.83 bits per heavy atom. The number of amides is 1. The molecule has 1 saturated carbocycles. The summed E-state index contributed by atoms with van der Waals surface area (Å²) in [4.78, 5) is 11.8. The molecule has 4 rings (SSSR count). The second kappa shape index (κ2) is 7.94. The van der Waals surface area contributed by atoms with Gasteiger partial charge in [-0.15, -0.1) is 0 Å². The zero-order chi connectivity index (χ0) is 21.5. The van der Waals surface area contributed by atoms with E-state index < -0.39 is 9.84 Å². The van der Waals surface area contributed by atoms with Crippen LogP contribution in [0.15, 0.2) is 18.2 Å². The number of hydrogen-bond donors (Lipinski definition) is 3. The lowest BCUT2D eigenvalue weighted by atomic mass is 10.0. The van der Waals surface area contributed by atoms with Gasteiger partial charge in [0.05, 0.1) is 11.5 Å². The van der Waals surface area contributed by atoms with Crippen LogP contribution < -0.4 is 10.6 Å². The van der Waals surface area contributed by atoms with Crippen molar-refractivity contribution in [2.24, 2.45) is 0 Å². The van der Waals surface area contributed by atoms with Crippen LogP contribution in [0, 0.1) is 6.92 Å². The number of sulfone groups is 1. The fraction of sp³-hybridized carbons (Fsp3) is 0.524. The van der Waals surface area contributed by atoms with Crippen molar-refractivity contribution in [1.82, 2.24) is 15.5 Å². The van der Waals surface area contributed by atoms with Crippen LogP contribution in [-0.4, -0.2) is 36.9 Å². The number of hydrogen-bond acceptors (Lipinski definition) is 6. The van der Waals surface area contributed by atoms with E-state index in [0.29, 0.717) is 5.82 Å². The van der Waals surface area contributed by atoms with Crippen LogP contribution in [0.4, 0.5) is 16.3 Å². The third-order valence-corrected chi connectivity index (χ3v) is 7.28. The number of nitrogens with one attached hydrogen (secondary N) is 3. The number of alkyl carbamates (subject to hydrolysis) is 1. The largest absolute Gasteiger partial charge is 0.446 e. The highest BCUT2D eigenvalue weighted by Gasteiger charge is 2.30. The molecule has 3 N–H and O–H groups in total. The summed E-state index contributed by atoms with van der Waals surface area (Å²) in [7, 11) is -3.04. The van der Waals surface area contributed by atoms with Crippen LogP contribution in [0.3, 0.4) is 0 Å². The smallest absolute Gasteiger partial charge is 0.407 e. The lowest BCUT2D eigenvalue weighted by molar-refractivity contribution is 0.0981. The van der Waals surface area contributed by atoms with E-state index in [1.54, 1.807) is 0 Å². The van der Waals surface area contributed by atoms with Gasteiger partial charge in [-0.3, -0.25) is 5.10 Å². The zero-order valence-electron chi connectivity index (χ0n) is 17.5. The first-order valence-corrected chi connectivity index (χ1v) is 12.1. The van der Waals surface area contributed by atoms with Gasteiger partial charge in [-0.25, -0.2) is 13.2 Å². The molecular weight excluding hydrogens is 404 g/mol. The summed E-state index contributed by atoms with van der Waals surface area (Å²) in [6.45, 7) is 5.75. The highest BCUT2D eigenvalue weighted by Crippen LogP contribution is 2.37. The molecule has 0 radical (unpaired) electrons. The Labute approximate surface area is 176 Å². The fourth-order valence-corrected chi connectivity index (χ4v) is 5.98. The van der Waals surface area contributed by atoms with Crippen LogP contribution >= 0.6 is 0 Å². The van der Waals surface area contributed by atoms with Gasteiger partial charge in [0.25, 0.3) is 0 Å². The van der Waals surface area contributed by atoms with Gasteiger partial charge in [0, 0.05) is 29.4 Å². The standard InChI is InChI=1S/C21H28N4O4S/c1-12(2)22-21(26)29-16-6-4-14(8-16)19-9-20(25-24-19)23-18-7-5-15-10-30(27,28)11-17(15)13(18)3/h5,7,9,12,14,16H,4,6,8,10-11H2,1-3H3,(H,22,26)(H2,23,24,25). The highest BCUT2D eigenvalue weighted by molar-refractivity contribution is 7.90. The number of carbonyl (C=O) groups excluding carboxylic acids is 1. The summed E-state index contributed by atoms with van der Waals surface area (Å²) in [5.74, 6) is 1.17. The molecule has 2 atom stereocenters. The average Bonchev–Trinajstić information content (AvgIpc) is 3.35. The molecule has 1 aliphatic heterocycles. The zero-order valence-corrected chi connectivity index (χ0v) is 18.3. The third-order valence-electron chi connectivity index (χ3n) is 5.80. The Bertz CT molecular complexity index is 1060. The number of rotatable bonds is 5. The van der Waals surface area contributed by atoms with E-state index in [0.717, 1.165) is 47.3 Å². The van der Waals surface area contributed by atoms with E-state index in [2.05, 4.69) is 20.8 Å². The molecule has 2 heterocycles. The maximum Gasteiger partial charge on any atom is 0.407 e. The predicted molar refractivity (Wildman–Crippen MR) is 115 cm³/mol. The van der Waals surface area contributed by atoms with Crippen molar-refractivity contribution < 1.29 is 17.9 Å². The van der Waals surface area contributed by atoms with Crippen molar-refractivity contribution in [2.75, 3.05) is 5.32 Å². The SMILES string of the molecule is Cc1c(Nc2cc(C3CCC(OC(=O)NC(C)C)C3)[nH]n2)ccc2c1CS(=O)(=O)C2. The fourth-order valence-electron chi connectivity index (χ4n) is 4.29. The Hall–Kier alpha value is -2.55. The lowest BCUT2D eigenvalue weighted by Gasteiger charge is -2.14. The molecule has 1 aromatic heterocycles. The van der Waals surface area contributed by atoms with E-state index in [9.17, 15) is 13.2 Å². The molecule has 2 aromatic rings. The van der Waals surface area contributed by atoms with Gasteiger partial charge in [-0.05, 0) is 62.8 Å². The van der Waals surface area contributed by atoms with Crippen LogP contribution in [0.25, 0.3) is 0 Å². The second-order valence-corrected chi connectivity index (χ2v) is 10.6. The van der Waals surface area contributed by atoms with Gasteiger partial charge in [0.2, 0.25) is 0 Å². The maximum atomic E-state index is 11.9. The van der Waals surface area contributed by atoms with Gasteiger partial charge in [0.15, 0.2) is 15.7 Å². The predicted octanol–water partition coefficient (Wildman–Crippen LogP) is 3.66. The van der Waals surface area contributed by atoms with E-state index >= 15 is 0 Å². The molecular formula is C21H28N4O4S. The number of benzene rings is 1. The number of nitrogens with zero attached hydrogens (tertiary/aromatic N) is 1. The number of aromatic amines is 1. The second-order valence-electron chi connectivity index (χ2n) is 8.58. The first-order chi connectivity index (χ1) is 14.2. The normalized spacial score (nSPS) is 22.1. The molecule has 1 amide bonds. The maximum absolute atomic E-state index is 11.9. The summed E-state index contributed by atoms with van der Waals surface area (Å²) in [5, 5.41) is 13.5. The van der Waals surface area contributed by atoms with Gasteiger partial charge < -0.3 is 15.4 Å². The first-order valence-electron chi connectivity index (χ1n) is 10.3. The molecule has 2 aliphatic rings. The van der Waals surface area contributed by atoms with Crippen molar-refractivity contribution in [1.29, 1.82) is 0 Å². The molecule has 0 spiro atoms. The lowest BCUT2D eigenvalue weighted by Crippen LogP contribution is -2.33. The Morgan fingerprint density at radius 1 is 1.27 bits per heavy atom. The van der Waals surface area contributed by atoms with Crippen LogP contribution in [0.1, 0.15) is 61.4 Å². The van der Waals surface area contributed by atoms with Crippen molar-refractivity contribution >= 4 is 27.4 Å². The monoisotopic (exact) mass is 432 g/mol. The number of ether oxygens (including phenoxy) is 1. The minimum atomic E-state index is -3.04. The number of anilines is 2. The number of aromatic nitrogens is 2. The van der Waals surface area contributed by atoms with Gasteiger partial charge in [-0.2, -0.15) is 5.10 Å². The highest BCUT2D eigenvalue weighted by atomic mass is 32.2. The molecule has 1 fully saturated rings. The topological polar surface area (TPSA) is 113 Å².